The number of fused-ring (bicyclic) bond motifs is 2. The third kappa shape index (κ3) is 2.01. The highest BCUT2D eigenvalue weighted by Crippen LogP contribution is 2.44. The number of rotatable bonds is 1. The molecular weight excluding hydrogens is 251 g/mol. The molecule has 1 aromatic rings. The van der Waals surface area contributed by atoms with Crippen molar-refractivity contribution < 1.29 is 13.7 Å². The zero-order valence-corrected chi connectivity index (χ0v) is 11.0. The van der Waals surface area contributed by atoms with Gasteiger partial charge in [0.15, 0.2) is 0 Å². The molecule has 2 aliphatic heterocycles. The van der Waals surface area contributed by atoms with Crippen LogP contribution in [0.15, 0.2) is 24.3 Å². The van der Waals surface area contributed by atoms with Crippen LogP contribution in [0.3, 0.4) is 0 Å². The molecule has 0 aromatic heterocycles. The van der Waals surface area contributed by atoms with Crippen molar-refractivity contribution in [3.05, 3.63) is 35.6 Å². The highest BCUT2D eigenvalue weighted by Gasteiger charge is 2.46. The molecule has 4 heteroatoms. The van der Waals surface area contributed by atoms with E-state index in [1.807, 2.05) is 0 Å². The van der Waals surface area contributed by atoms with Gasteiger partial charge in [0.25, 0.3) is 0 Å². The Labute approximate surface area is 109 Å². The van der Waals surface area contributed by atoms with Crippen LogP contribution in [0.2, 0.25) is 0 Å². The van der Waals surface area contributed by atoms with Gasteiger partial charge in [-0.3, -0.25) is 4.21 Å². The number of aliphatic hydroxyl groups is 1. The first-order valence-corrected chi connectivity index (χ1v) is 7.74. The molecule has 2 unspecified atom stereocenters. The molecule has 2 fully saturated rings. The van der Waals surface area contributed by atoms with Crippen LogP contribution >= 0.6 is 0 Å². The molecule has 2 heterocycles. The van der Waals surface area contributed by atoms with E-state index in [1.165, 1.54) is 12.1 Å². The molecule has 18 heavy (non-hydrogen) atoms. The molecule has 0 amide bonds. The monoisotopic (exact) mass is 268 g/mol. The summed E-state index contributed by atoms with van der Waals surface area (Å²) in [6.07, 6.45) is 4.07. The normalized spacial score (nSPS) is 39.6. The van der Waals surface area contributed by atoms with Gasteiger partial charge < -0.3 is 5.11 Å². The number of benzene rings is 1. The van der Waals surface area contributed by atoms with E-state index in [4.69, 9.17) is 0 Å². The molecular formula is C14H17FO2S. The van der Waals surface area contributed by atoms with Crippen LogP contribution in [0.1, 0.15) is 37.7 Å². The summed E-state index contributed by atoms with van der Waals surface area (Å²) in [5.74, 6) is -0.290. The van der Waals surface area contributed by atoms with E-state index in [-0.39, 0.29) is 16.3 Å². The fraction of sp³-hybridized carbons (Fsp3) is 0.571. The Hall–Kier alpha value is -0.740. The van der Waals surface area contributed by atoms with E-state index in [0.717, 1.165) is 24.8 Å². The van der Waals surface area contributed by atoms with Crippen molar-refractivity contribution in [3.63, 3.8) is 0 Å². The minimum absolute atomic E-state index is 0.104. The topological polar surface area (TPSA) is 37.3 Å². The van der Waals surface area contributed by atoms with E-state index >= 15 is 0 Å². The fourth-order valence-corrected chi connectivity index (χ4v) is 5.50. The average Bonchev–Trinajstić information content (AvgIpc) is 2.32. The minimum Gasteiger partial charge on any atom is -0.385 e. The predicted octanol–water partition coefficient (Wildman–Crippen LogP) is 2.48. The maximum absolute atomic E-state index is 12.9. The Kier molecular flexibility index (Phi) is 3.02. The van der Waals surface area contributed by atoms with Crippen molar-refractivity contribution in [2.45, 2.75) is 48.2 Å². The summed E-state index contributed by atoms with van der Waals surface area (Å²) in [7, 11) is -0.795. The van der Waals surface area contributed by atoms with Crippen LogP contribution in [0.25, 0.3) is 0 Å². The molecule has 2 saturated heterocycles. The van der Waals surface area contributed by atoms with Gasteiger partial charge in [-0.25, -0.2) is 4.39 Å². The van der Waals surface area contributed by atoms with E-state index < -0.39 is 16.4 Å². The third-order valence-electron chi connectivity index (χ3n) is 4.22. The molecule has 2 bridgehead atoms. The molecule has 98 valence electrons. The molecule has 2 aliphatic rings. The summed E-state index contributed by atoms with van der Waals surface area (Å²) >= 11 is 0. The van der Waals surface area contributed by atoms with Gasteiger partial charge in [-0.15, -0.1) is 0 Å². The van der Waals surface area contributed by atoms with Gasteiger partial charge in [0.2, 0.25) is 0 Å². The fourth-order valence-electron chi connectivity index (χ4n) is 3.28. The first kappa shape index (κ1) is 12.3. The molecule has 0 spiro atoms. The zero-order chi connectivity index (χ0) is 12.8. The van der Waals surface area contributed by atoms with Gasteiger partial charge in [-0.05, 0) is 43.4 Å². The molecule has 0 radical (unpaired) electrons. The molecule has 2 atom stereocenters. The summed E-state index contributed by atoms with van der Waals surface area (Å²) in [5.41, 5.74) is -0.158. The lowest BCUT2D eigenvalue weighted by molar-refractivity contribution is 0.00649. The Morgan fingerprint density at radius 3 is 2.28 bits per heavy atom. The second-order valence-electron chi connectivity index (χ2n) is 5.45. The number of halogens is 1. The predicted molar refractivity (Wildman–Crippen MR) is 69.1 cm³/mol. The summed E-state index contributed by atoms with van der Waals surface area (Å²) in [5, 5.41) is 11.0. The summed E-state index contributed by atoms with van der Waals surface area (Å²) in [6, 6.07) is 6.07. The van der Waals surface area contributed by atoms with Gasteiger partial charge in [0.05, 0.1) is 5.60 Å². The van der Waals surface area contributed by atoms with Gasteiger partial charge in [-0.2, -0.15) is 0 Å². The second kappa shape index (κ2) is 4.42. The molecule has 3 rings (SSSR count). The molecule has 0 aliphatic carbocycles. The summed E-state index contributed by atoms with van der Waals surface area (Å²) in [4.78, 5) is 0. The molecule has 1 N–H and O–H groups in total. The maximum Gasteiger partial charge on any atom is 0.123 e. The second-order valence-corrected chi connectivity index (χ2v) is 7.44. The zero-order valence-electron chi connectivity index (χ0n) is 10.1. The smallest absolute Gasteiger partial charge is 0.123 e. The van der Waals surface area contributed by atoms with Crippen LogP contribution in [-0.4, -0.2) is 19.8 Å². The van der Waals surface area contributed by atoms with Crippen LogP contribution in [0, 0.1) is 5.82 Å². The first-order valence-electron chi connectivity index (χ1n) is 6.46. The Bertz CT molecular complexity index is 455. The molecule has 0 saturated carbocycles. The minimum atomic E-state index is -0.919. The highest BCUT2D eigenvalue weighted by molar-refractivity contribution is 7.86. The average molecular weight is 268 g/mol. The van der Waals surface area contributed by atoms with Crippen LogP contribution in [-0.2, 0) is 16.4 Å². The SMILES string of the molecule is O=S1C2CCCC1CC(O)(c1ccc(F)cc1)C2. The summed E-state index contributed by atoms with van der Waals surface area (Å²) in [6.45, 7) is 0. The lowest BCUT2D eigenvalue weighted by atomic mass is 9.80. The van der Waals surface area contributed by atoms with Crippen LogP contribution in [0.4, 0.5) is 4.39 Å². The van der Waals surface area contributed by atoms with Crippen molar-refractivity contribution in [1.29, 1.82) is 0 Å². The van der Waals surface area contributed by atoms with E-state index in [2.05, 4.69) is 0 Å². The van der Waals surface area contributed by atoms with Gasteiger partial charge >= 0.3 is 0 Å². The van der Waals surface area contributed by atoms with Crippen LogP contribution in [0.5, 0.6) is 0 Å². The maximum atomic E-state index is 12.9. The first-order chi connectivity index (χ1) is 8.58. The lowest BCUT2D eigenvalue weighted by Gasteiger charge is -2.43. The largest absolute Gasteiger partial charge is 0.385 e. The quantitative estimate of drug-likeness (QED) is 0.849. The Balaban J connectivity index is 1.91. The van der Waals surface area contributed by atoms with Gasteiger partial charge in [0.1, 0.15) is 5.82 Å². The molecule has 2 nitrogen and oxygen atoms in total. The van der Waals surface area contributed by atoms with E-state index in [1.54, 1.807) is 12.1 Å². The Morgan fingerprint density at radius 1 is 1.17 bits per heavy atom. The van der Waals surface area contributed by atoms with Crippen molar-refractivity contribution in [2.75, 3.05) is 0 Å². The van der Waals surface area contributed by atoms with Crippen molar-refractivity contribution >= 4 is 10.8 Å². The van der Waals surface area contributed by atoms with Crippen LogP contribution < -0.4 is 0 Å². The highest BCUT2D eigenvalue weighted by atomic mass is 32.2. The summed E-state index contributed by atoms with van der Waals surface area (Å²) < 4.78 is 25.1. The lowest BCUT2D eigenvalue weighted by Crippen LogP contribution is -2.47. The van der Waals surface area contributed by atoms with E-state index in [9.17, 15) is 13.7 Å². The number of hydrogen-bond acceptors (Lipinski definition) is 2. The van der Waals surface area contributed by atoms with Crippen molar-refractivity contribution in [1.82, 2.24) is 0 Å². The van der Waals surface area contributed by atoms with E-state index in [0.29, 0.717) is 12.8 Å². The van der Waals surface area contributed by atoms with Gasteiger partial charge in [0, 0.05) is 21.3 Å². The third-order valence-corrected chi connectivity index (χ3v) is 6.34. The molecule has 1 aromatic carbocycles. The number of hydrogen-bond donors (Lipinski definition) is 1. The van der Waals surface area contributed by atoms with Crippen molar-refractivity contribution in [2.24, 2.45) is 0 Å². The van der Waals surface area contributed by atoms with Gasteiger partial charge in [-0.1, -0.05) is 18.6 Å². The standard InChI is InChI=1S/C14H17FO2S/c15-11-6-4-10(5-7-11)14(16)8-12-2-1-3-13(9-14)18(12)17/h4-7,12-13,16H,1-3,8-9H2. The Morgan fingerprint density at radius 2 is 1.72 bits per heavy atom. The van der Waals surface area contributed by atoms with Crippen molar-refractivity contribution in [3.8, 4) is 0 Å².